The monoisotopic (exact) mass is 394 g/mol. The normalized spacial score (nSPS) is 16.2. The maximum Gasteiger partial charge on any atom is 0.417 e. The van der Waals surface area contributed by atoms with Crippen molar-refractivity contribution >= 4 is 21.5 Å². The summed E-state index contributed by atoms with van der Waals surface area (Å²) in [6, 6.07) is 12.3. The summed E-state index contributed by atoms with van der Waals surface area (Å²) in [5.74, 6) is 0.310. The van der Waals surface area contributed by atoms with Gasteiger partial charge in [-0.3, -0.25) is 9.97 Å². The Hall–Kier alpha value is -2.95. The fraction of sp³-hybridized carbons (Fsp3) is 0.250. The minimum atomic E-state index is -4.34. The van der Waals surface area contributed by atoms with Gasteiger partial charge in [-0.05, 0) is 63.9 Å². The van der Waals surface area contributed by atoms with Gasteiger partial charge in [-0.2, -0.15) is 13.2 Å². The molecule has 2 nitrogen and oxygen atoms in total. The van der Waals surface area contributed by atoms with Gasteiger partial charge in [-0.1, -0.05) is 43.3 Å². The summed E-state index contributed by atoms with van der Waals surface area (Å²) in [6.45, 7) is 2.12. The van der Waals surface area contributed by atoms with Crippen LogP contribution in [0.3, 0.4) is 0 Å². The number of hydrogen-bond donors (Lipinski definition) is 0. The molecule has 1 aliphatic carbocycles. The first-order valence-corrected chi connectivity index (χ1v) is 9.71. The van der Waals surface area contributed by atoms with Crippen LogP contribution in [0.15, 0.2) is 67.3 Å². The van der Waals surface area contributed by atoms with E-state index < -0.39 is 11.7 Å². The minimum absolute atomic E-state index is 0.288. The van der Waals surface area contributed by atoms with Gasteiger partial charge in [0.2, 0.25) is 0 Å². The molecule has 5 rings (SSSR count). The Kier molecular flexibility index (Phi) is 5.22. The van der Waals surface area contributed by atoms with E-state index in [2.05, 4.69) is 23.0 Å². The number of hydrogen-bond acceptors (Lipinski definition) is 2. The molecule has 0 amide bonds. The molecule has 0 radical (unpaired) electrons. The first kappa shape index (κ1) is 19.4. The molecule has 1 aromatic heterocycles. The number of halogens is 3. The van der Waals surface area contributed by atoms with Crippen molar-refractivity contribution in [3.05, 3.63) is 83.9 Å². The van der Waals surface area contributed by atoms with E-state index in [0.717, 1.165) is 35.6 Å². The zero-order valence-electron chi connectivity index (χ0n) is 16.1. The summed E-state index contributed by atoms with van der Waals surface area (Å²) >= 11 is 0. The molecule has 4 aromatic rings. The van der Waals surface area contributed by atoms with Gasteiger partial charge in [0.1, 0.15) is 0 Å². The third-order valence-corrected chi connectivity index (χ3v) is 5.53. The first-order valence-electron chi connectivity index (χ1n) is 9.71. The van der Waals surface area contributed by atoms with E-state index in [9.17, 15) is 13.2 Å². The van der Waals surface area contributed by atoms with Gasteiger partial charge in [-0.25, -0.2) is 0 Å². The number of fused-ring (bicyclic) bond motifs is 5. The van der Waals surface area contributed by atoms with Crippen molar-refractivity contribution in [2.24, 2.45) is 0 Å². The highest BCUT2D eigenvalue weighted by molar-refractivity contribution is 6.10. The molecule has 0 fully saturated rings. The number of alkyl halides is 3. The average Bonchev–Trinajstić information content (AvgIpc) is 2.74. The number of aryl methyl sites for hydroxylation is 1. The zero-order valence-corrected chi connectivity index (χ0v) is 16.1. The van der Waals surface area contributed by atoms with Crippen LogP contribution in [0.5, 0.6) is 0 Å². The Morgan fingerprint density at radius 3 is 2.07 bits per heavy atom. The lowest BCUT2D eigenvalue weighted by Gasteiger charge is -2.25. The molecule has 0 saturated heterocycles. The third kappa shape index (κ3) is 3.82. The quantitative estimate of drug-likeness (QED) is 0.302. The topological polar surface area (TPSA) is 25.8 Å². The predicted octanol–water partition coefficient (Wildman–Crippen LogP) is 6.93. The SMILES string of the molecule is C[C@@H]1CCCc2ccc3c(cc(C(F)(F)F)c4ccccc43)c21.c1cnccn1. The average molecular weight is 394 g/mol. The Balaban J connectivity index is 0.000000294. The number of rotatable bonds is 0. The number of nitrogens with zero attached hydrogens (tertiary/aromatic N) is 2. The Labute approximate surface area is 167 Å². The van der Waals surface area contributed by atoms with Gasteiger partial charge in [0.15, 0.2) is 0 Å². The maximum absolute atomic E-state index is 13.6. The zero-order chi connectivity index (χ0) is 20.4. The van der Waals surface area contributed by atoms with Gasteiger partial charge in [-0.15, -0.1) is 0 Å². The Morgan fingerprint density at radius 1 is 0.828 bits per heavy atom. The molecule has 1 aliphatic rings. The van der Waals surface area contributed by atoms with E-state index >= 15 is 0 Å². The lowest BCUT2D eigenvalue weighted by Crippen LogP contribution is -2.10. The lowest BCUT2D eigenvalue weighted by atomic mass is 9.80. The van der Waals surface area contributed by atoms with Gasteiger partial charge >= 0.3 is 6.18 Å². The predicted molar refractivity (Wildman–Crippen MR) is 110 cm³/mol. The second-order valence-electron chi connectivity index (χ2n) is 7.39. The molecule has 0 N–H and O–H groups in total. The molecule has 5 heteroatoms. The summed E-state index contributed by atoms with van der Waals surface area (Å²) < 4.78 is 40.7. The first-order chi connectivity index (χ1) is 14.0. The fourth-order valence-electron chi connectivity index (χ4n) is 4.28. The second-order valence-corrected chi connectivity index (χ2v) is 7.39. The van der Waals surface area contributed by atoms with E-state index in [1.54, 1.807) is 43.0 Å². The summed E-state index contributed by atoms with van der Waals surface area (Å²) in [4.78, 5) is 7.44. The molecule has 3 aromatic carbocycles. The van der Waals surface area contributed by atoms with Crippen molar-refractivity contribution in [1.82, 2.24) is 9.97 Å². The van der Waals surface area contributed by atoms with E-state index in [1.807, 2.05) is 12.1 Å². The van der Waals surface area contributed by atoms with Crippen molar-refractivity contribution in [3.63, 3.8) is 0 Å². The number of benzene rings is 3. The van der Waals surface area contributed by atoms with E-state index in [0.29, 0.717) is 11.3 Å². The second kappa shape index (κ2) is 7.82. The van der Waals surface area contributed by atoms with Crippen LogP contribution in [-0.4, -0.2) is 9.97 Å². The highest BCUT2D eigenvalue weighted by Crippen LogP contribution is 2.43. The van der Waals surface area contributed by atoms with Gasteiger partial charge in [0.25, 0.3) is 0 Å². The van der Waals surface area contributed by atoms with Gasteiger partial charge in [0.05, 0.1) is 5.56 Å². The minimum Gasteiger partial charge on any atom is -0.262 e. The van der Waals surface area contributed by atoms with Crippen LogP contribution in [0.1, 0.15) is 42.4 Å². The van der Waals surface area contributed by atoms with Crippen LogP contribution in [0.4, 0.5) is 13.2 Å². The Morgan fingerprint density at radius 2 is 1.45 bits per heavy atom. The van der Waals surface area contributed by atoms with Gasteiger partial charge in [0, 0.05) is 24.8 Å². The lowest BCUT2D eigenvalue weighted by molar-refractivity contribution is -0.136. The molecule has 0 spiro atoms. The van der Waals surface area contributed by atoms with Crippen molar-refractivity contribution in [3.8, 4) is 0 Å². The molecule has 0 bridgehead atoms. The highest BCUT2D eigenvalue weighted by atomic mass is 19.4. The summed E-state index contributed by atoms with van der Waals surface area (Å²) in [5.41, 5.74) is 1.80. The van der Waals surface area contributed by atoms with E-state index in [4.69, 9.17) is 0 Å². The Bertz CT molecular complexity index is 1110. The van der Waals surface area contributed by atoms with Crippen molar-refractivity contribution in [2.45, 2.75) is 38.3 Å². The van der Waals surface area contributed by atoms with Gasteiger partial charge < -0.3 is 0 Å². The summed E-state index contributed by atoms with van der Waals surface area (Å²) in [5, 5.41) is 2.69. The van der Waals surface area contributed by atoms with Crippen LogP contribution >= 0.6 is 0 Å². The summed E-state index contributed by atoms with van der Waals surface area (Å²) in [7, 11) is 0. The summed E-state index contributed by atoms with van der Waals surface area (Å²) in [6.07, 6.45) is 5.33. The van der Waals surface area contributed by atoms with Crippen molar-refractivity contribution in [2.75, 3.05) is 0 Å². The smallest absolute Gasteiger partial charge is 0.262 e. The molecule has 0 unspecified atom stereocenters. The molecular weight excluding hydrogens is 373 g/mol. The van der Waals surface area contributed by atoms with Crippen LogP contribution < -0.4 is 0 Å². The largest absolute Gasteiger partial charge is 0.417 e. The van der Waals surface area contributed by atoms with Crippen LogP contribution in [0, 0.1) is 0 Å². The molecule has 29 heavy (non-hydrogen) atoms. The molecule has 1 atom stereocenters. The van der Waals surface area contributed by atoms with Crippen molar-refractivity contribution < 1.29 is 13.2 Å². The third-order valence-electron chi connectivity index (χ3n) is 5.53. The number of aromatic nitrogens is 2. The standard InChI is InChI=1S/C20H17F3.C4H4N2/c1-12-5-4-6-13-9-10-15-14-7-2-3-8-16(14)18(20(21,22)23)11-17(15)19(12)13;1-2-6-4-3-5-1/h2-3,7-12H,4-6H2,1H3;1-4H/t12-;/m1./s1. The molecule has 0 saturated carbocycles. The fourth-order valence-corrected chi connectivity index (χ4v) is 4.28. The molecular formula is C24H21F3N2. The molecule has 148 valence electrons. The van der Waals surface area contributed by atoms with Crippen LogP contribution in [0.25, 0.3) is 21.5 Å². The van der Waals surface area contributed by atoms with E-state index in [-0.39, 0.29) is 5.39 Å². The van der Waals surface area contributed by atoms with E-state index in [1.165, 1.54) is 11.6 Å². The molecule has 1 heterocycles. The maximum atomic E-state index is 13.6. The van der Waals surface area contributed by atoms with Crippen LogP contribution in [-0.2, 0) is 12.6 Å². The molecule has 0 aliphatic heterocycles. The van der Waals surface area contributed by atoms with Crippen LogP contribution in [0.2, 0.25) is 0 Å². The highest BCUT2D eigenvalue weighted by Gasteiger charge is 2.34. The van der Waals surface area contributed by atoms with Crippen molar-refractivity contribution in [1.29, 1.82) is 0 Å².